The molecule has 3 heterocycles. The lowest BCUT2D eigenvalue weighted by Crippen LogP contribution is -2.62. The normalized spacial score (nSPS) is 22.4. The van der Waals surface area contributed by atoms with Crippen molar-refractivity contribution in [3.05, 3.63) is 24.0 Å². The number of likely N-dealkylation sites (tertiary alicyclic amines) is 1. The minimum Gasteiger partial charge on any atom is -0.444 e. The smallest absolute Gasteiger partial charge is 0.435 e. The highest BCUT2D eigenvalue weighted by Crippen LogP contribution is 2.39. The molecule has 30 heavy (non-hydrogen) atoms. The molecule has 1 atom stereocenters. The number of alkyl halides is 3. The fraction of sp³-hybridized carbons (Fsp3) is 0.650. The summed E-state index contributed by atoms with van der Waals surface area (Å²) in [5.41, 5.74) is -2.85. The monoisotopic (exact) mass is 429 g/mol. The number of hydrogen-bond acceptors (Lipinski definition) is 5. The number of anilines is 1. The second kappa shape index (κ2) is 7.72. The van der Waals surface area contributed by atoms with E-state index in [9.17, 15) is 22.8 Å². The van der Waals surface area contributed by atoms with E-state index in [0.717, 1.165) is 11.1 Å². The van der Waals surface area contributed by atoms with Crippen molar-refractivity contribution in [2.24, 2.45) is 0 Å². The third-order valence-electron chi connectivity index (χ3n) is 5.16. The molecule has 2 amide bonds. The van der Waals surface area contributed by atoms with Crippen molar-refractivity contribution in [1.82, 2.24) is 9.88 Å². The van der Waals surface area contributed by atoms with E-state index < -0.39 is 41.2 Å². The highest BCUT2D eigenvalue weighted by Gasteiger charge is 2.48. The molecule has 2 saturated heterocycles. The van der Waals surface area contributed by atoms with E-state index in [2.05, 4.69) is 4.98 Å². The number of piperidine rings is 1. The van der Waals surface area contributed by atoms with Gasteiger partial charge in [0.15, 0.2) is 5.69 Å². The predicted molar refractivity (Wildman–Crippen MR) is 102 cm³/mol. The molecular weight excluding hydrogens is 403 g/mol. The Morgan fingerprint density at radius 2 is 1.90 bits per heavy atom. The number of morpholine rings is 1. The maximum absolute atomic E-state index is 13.4. The van der Waals surface area contributed by atoms with Crippen molar-refractivity contribution in [1.29, 1.82) is 0 Å². The molecule has 2 fully saturated rings. The number of halogens is 3. The predicted octanol–water partition coefficient (Wildman–Crippen LogP) is 3.62. The Morgan fingerprint density at radius 1 is 1.27 bits per heavy atom. The van der Waals surface area contributed by atoms with Gasteiger partial charge in [0.1, 0.15) is 11.7 Å². The lowest BCUT2D eigenvalue weighted by atomic mass is 9.88. The summed E-state index contributed by atoms with van der Waals surface area (Å²) >= 11 is 0. The van der Waals surface area contributed by atoms with Gasteiger partial charge in [0.2, 0.25) is 0 Å². The molecule has 1 aromatic heterocycles. The maximum atomic E-state index is 13.4. The summed E-state index contributed by atoms with van der Waals surface area (Å²) in [5, 5.41) is 0. The highest BCUT2D eigenvalue weighted by atomic mass is 19.4. The summed E-state index contributed by atoms with van der Waals surface area (Å²) < 4.78 is 51.7. The number of hydrogen-bond donors (Lipinski definition) is 0. The third kappa shape index (κ3) is 4.69. The molecule has 10 heteroatoms. The SMILES string of the molecule is CC1OC2(CCN(C(=O)OC(C)(C)C)CC2)CN(c2cccnc2C(F)(F)F)C1=O. The fourth-order valence-corrected chi connectivity index (χ4v) is 3.78. The van der Waals surface area contributed by atoms with E-state index >= 15 is 0 Å². The molecule has 0 bridgehead atoms. The number of ether oxygens (including phenoxy) is 2. The van der Waals surface area contributed by atoms with Crippen molar-refractivity contribution in [2.75, 3.05) is 24.5 Å². The Kier molecular flexibility index (Phi) is 5.74. The van der Waals surface area contributed by atoms with Crippen LogP contribution in [0, 0.1) is 0 Å². The summed E-state index contributed by atoms with van der Waals surface area (Å²) in [6, 6.07) is 2.62. The second-order valence-electron chi connectivity index (χ2n) is 8.70. The van der Waals surface area contributed by atoms with Gasteiger partial charge in [-0.3, -0.25) is 4.79 Å². The van der Waals surface area contributed by atoms with Crippen LogP contribution >= 0.6 is 0 Å². The van der Waals surface area contributed by atoms with Gasteiger partial charge < -0.3 is 19.3 Å². The summed E-state index contributed by atoms with van der Waals surface area (Å²) in [6.07, 6.45) is -4.24. The number of pyridine rings is 1. The zero-order valence-electron chi connectivity index (χ0n) is 17.5. The van der Waals surface area contributed by atoms with Gasteiger partial charge >= 0.3 is 12.3 Å². The lowest BCUT2D eigenvalue weighted by molar-refractivity contribution is -0.161. The molecule has 3 rings (SSSR count). The Hall–Kier alpha value is -2.36. The first-order chi connectivity index (χ1) is 13.8. The number of carbonyl (C=O) groups excluding carboxylic acids is 2. The Balaban J connectivity index is 1.80. The Labute approximate surface area is 173 Å². The Morgan fingerprint density at radius 3 is 2.47 bits per heavy atom. The molecule has 0 aliphatic carbocycles. The average molecular weight is 429 g/mol. The summed E-state index contributed by atoms with van der Waals surface area (Å²) in [4.78, 5) is 31.1. The number of rotatable bonds is 1. The molecule has 7 nitrogen and oxygen atoms in total. The lowest BCUT2D eigenvalue weighted by Gasteiger charge is -2.49. The molecule has 166 valence electrons. The van der Waals surface area contributed by atoms with E-state index in [1.165, 1.54) is 19.1 Å². The van der Waals surface area contributed by atoms with E-state index in [0.29, 0.717) is 25.9 Å². The minimum atomic E-state index is -4.69. The van der Waals surface area contributed by atoms with Gasteiger partial charge in [-0.15, -0.1) is 0 Å². The summed E-state index contributed by atoms with van der Waals surface area (Å²) in [6.45, 7) is 7.46. The molecule has 0 N–H and O–H groups in total. The van der Waals surface area contributed by atoms with Crippen molar-refractivity contribution in [2.45, 2.75) is 64.0 Å². The van der Waals surface area contributed by atoms with Crippen molar-refractivity contribution in [3.8, 4) is 0 Å². The van der Waals surface area contributed by atoms with Gasteiger partial charge in [0.05, 0.1) is 17.8 Å². The standard InChI is InChI=1S/C20H26F3N3O4/c1-13-16(27)26(14-6-5-9-24-15(14)20(21,22)23)12-19(29-13)7-10-25(11-8-19)17(28)30-18(2,3)4/h5-6,9,13H,7-8,10-12H2,1-4H3. The van der Waals surface area contributed by atoms with Crippen LogP contribution in [0.1, 0.15) is 46.2 Å². The van der Waals surface area contributed by atoms with Crippen LogP contribution in [0.3, 0.4) is 0 Å². The quantitative estimate of drug-likeness (QED) is 0.682. The fourth-order valence-electron chi connectivity index (χ4n) is 3.78. The maximum Gasteiger partial charge on any atom is 0.435 e. The second-order valence-corrected chi connectivity index (χ2v) is 8.70. The first-order valence-electron chi connectivity index (χ1n) is 9.81. The van der Waals surface area contributed by atoms with Crippen LogP contribution in [-0.2, 0) is 20.4 Å². The van der Waals surface area contributed by atoms with Crippen LogP contribution in [0.5, 0.6) is 0 Å². The average Bonchev–Trinajstić information content (AvgIpc) is 2.63. The van der Waals surface area contributed by atoms with Gasteiger partial charge in [0, 0.05) is 19.3 Å². The van der Waals surface area contributed by atoms with Crippen LogP contribution in [0.2, 0.25) is 0 Å². The van der Waals surface area contributed by atoms with Crippen LogP contribution < -0.4 is 4.90 Å². The molecule has 1 spiro atoms. The van der Waals surface area contributed by atoms with Gasteiger partial charge in [-0.2, -0.15) is 13.2 Å². The van der Waals surface area contributed by atoms with Crippen LogP contribution in [0.15, 0.2) is 18.3 Å². The first kappa shape index (κ1) is 22.3. The van der Waals surface area contributed by atoms with Gasteiger partial charge in [0.25, 0.3) is 5.91 Å². The first-order valence-corrected chi connectivity index (χ1v) is 9.81. The van der Waals surface area contributed by atoms with Crippen molar-refractivity contribution in [3.63, 3.8) is 0 Å². The molecule has 0 radical (unpaired) electrons. The number of nitrogens with zero attached hydrogens (tertiary/aromatic N) is 3. The van der Waals surface area contributed by atoms with Gasteiger partial charge in [-0.25, -0.2) is 9.78 Å². The minimum absolute atomic E-state index is 0.0346. The molecule has 0 aromatic carbocycles. The zero-order chi connectivity index (χ0) is 22.3. The summed E-state index contributed by atoms with van der Waals surface area (Å²) in [5.74, 6) is -0.548. The highest BCUT2D eigenvalue weighted by molar-refractivity contribution is 5.97. The molecule has 0 saturated carbocycles. The van der Waals surface area contributed by atoms with Crippen LogP contribution in [0.4, 0.5) is 23.7 Å². The van der Waals surface area contributed by atoms with Crippen molar-refractivity contribution >= 4 is 17.7 Å². The van der Waals surface area contributed by atoms with E-state index in [4.69, 9.17) is 9.47 Å². The molecule has 1 unspecified atom stereocenters. The van der Waals surface area contributed by atoms with Crippen LogP contribution in [0.25, 0.3) is 0 Å². The summed E-state index contributed by atoms with van der Waals surface area (Å²) in [7, 11) is 0. The molecular formula is C20H26F3N3O4. The van der Waals surface area contributed by atoms with E-state index in [1.807, 2.05) is 0 Å². The number of aromatic nitrogens is 1. The third-order valence-corrected chi connectivity index (χ3v) is 5.16. The van der Waals surface area contributed by atoms with Crippen LogP contribution in [-0.4, -0.2) is 58.8 Å². The van der Waals surface area contributed by atoms with E-state index in [1.54, 1.807) is 25.7 Å². The number of amides is 2. The number of carbonyl (C=O) groups is 2. The molecule has 2 aliphatic heterocycles. The molecule has 2 aliphatic rings. The Bertz CT molecular complexity index is 814. The topological polar surface area (TPSA) is 72.0 Å². The molecule has 1 aromatic rings. The van der Waals surface area contributed by atoms with Gasteiger partial charge in [-0.1, -0.05) is 0 Å². The zero-order valence-corrected chi connectivity index (χ0v) is 17.5. The largest absolute Gasteiger partial charge is 0.444 e. The van der Waals surface area contributed by atoms with Gasteiger partial charge in [-0.05, 0) is 52.7 Å². The van der Waals surface area contributed by atoms with E-state index in [-0.39, 0.29) is 12.2 Å². The van der Waals surface area contributed by atoms with Crippen molar-refractivity contribution < 1.29 is 32.2 Å².